The molecule has 4 fully saturated rings. The Morgan fingerprint density at radius 1 is 0.651 bits per heavy atom. The molecule has 4 aromatic carbocycles. The van der Waals surface area contributed by atoms with Gasteiger partial charge >= 0.3 is 5.97 Å². The topological polar surface area (TPSA) is 44.8 Å². The van der Waals surface area contributed by atoms with E-state index in [9.17, 15) is 4.79 Å². The van der Waals surface area contributed by atoms with Crippen LogP contribution in [0.2, 0.25) is 0 Å². The van der Waals surface area contributed by atoms with Crippen molar-refractivity contribution in [2.45, 2.75) is 65.7 Å². The quantitative estimate of drug-likeness (QED) is 0.136. The monoisotopic (exact) mass is 591 g/mol. The van der Waals surface area contributed by atoms with Crippen LogP contribution >= 0.6 is 0 Å². The van der Waals surface area contributed by atoms with Gasteiger partial charge in [-0.25, -0.2) is 4.79 Å². The first-order valence-electron chi connectivity index (χ1n) is 15.7. The molecule has 0 amide bonds. The molecule has 0 atom stereocenters. The highest BCUT2D eigenvalue weighted by Gasteiger charge is 2.58. The molecule has 0 N–H and O–H groups in total. The van der Waals surface area contributed by atoms with Crippen molar-refractivity contribution in [1.82, 2.24) is 0 Å². The zero-order valence-electron chi connectivity index (χ0n) is 24.7. The minimum absolute atomic E-state index is 0.0690. The summed E-state index contributed by atoms with van der Waals surface area (Å²) in [5, 5.41) is 0. The van der Waals surface area contributed by atoms with E-state index in [-0.39, 0.29) is 29.1 Å². The van der Waals surface area contributed by atoms with E-state index in [1.807, 2.05) is 36.4 Å². The van der Waals surface area contributed by atoms with E-state index in [2.05, 4.69) is 79.7 Å². The third kappa shape index (κ3) is 5.80. The molecule has 4 saturated carbocycles. The molecule has 4 aliphatic rings. The summed E-state index contributed by atoms with van der Waals surface area (Å²) in [6.45, 7) is 2.12. The van der Waals surface area contributed by atoms with Gasteiger partial charge in [0.1, 0.15) is 22.8 Å². The van der Waals surface area contributed by atoms with Crippen molar-refractivity contribution in [3.63, 3.8) is 0 Å². The van der Waals surface area contributed by atoms with Crippen molar-refractivity contribution in [3.8, 4) is 17.2 Å². The standard InChI is InChI=1S/C38H39O4S/c1-2-38(29-22-27-21-28(24-29)25-30(38)23-27)42-37(39)26-40-31-13-15-32(16-14-31)41-33-17-19-36(20-18-33)43(34-9-5-3-6-10-34)35-11-7-4-8-12-35/h3-20,27-30H,2,21-26H2,1H3/q+1. The van der Waals surface area contributed by atoms with Crippen LogP contribution in [0.4, 0.5) is 0 Å². The number of benzene rings is 4. The number of hydrogen-bond acceptors (Lipinski definition) is 4. The van der Waals surface area contributed by atoms with Gasteiger partial charge in [-0.1, -0.05) is 43.3 Å². The fourth-order valence-electron chi connectivity index (χ4n) is 8.09. The van der Waals surface area contributed by atoms with Crippen LogP contribution in [0.15, 0.2) is 124 Å². The first kappa shape index (κ1) is 28.1. The maximum absolute atomic E-state index is 13.0. The number of carbonyl (C=O) groups is 1. The van der Waals surface area contributed by atoms with Gasteiger partial charge in [0.25, 0.3) is 0 Å². The molecular weight excluding hydrogens is 552 g/mol. The van der Waals surface area contributed by atoms with Crippen LogP contribution < -0.4 is 9.47 Å². The summed E-state index contributed by atoms with van der Waals surface area (Å²) in [7, 11) is -0.196. The van der Waals surface area contributed by atoms with Gasteiger partial charge in [-0.3, -0.25) is 0 Å². The lowest BCUT2D eigenvalue weighted by molar-refractivity contribution is -0.212. The van der Waals surface area contributed by atoms with Crippen LogP contribution in [0, 0.1) is 23.7 Å². The molecule has 4 bridgehead atoms. The van der Waals surface area contributed by atoms with Gasteiger partial charge < -0.3 is 14.2 Å². The molecule has 0 saturated heterocycles. The molecule has 0 radical (unpaired) electrons. The summed E-state index contributed by atoms with van der Waals surface area (Å²) in [5.41, 5.74) is -0.288. The van der Waals surface area contributed by atoms with E-state index in [4.69, 9.17) is 14.2 Å². The van der Waals surface area contributed by atoms with Crippen LogP contribution in [-0.2, 0) is 20.4 Å². The Kier molecular flexibility index (Phi) is 7.92. The third-order valence-corrected chi connectivity index (χ3v) is 12.0. The molecule has 43 heavy (non-hydrogen) atoms. The third-order valence-electron chi connectivity index (χ3n) is 9.81. The van der Waals surface area contributed by atoms with Crippen LogP contribution in [0.25, 0.3) is 0 Å². The summed E-state index contributed by atoms with van der Waals surface area (Å²) in [6, 6.07) is 37.0. The van der Waals surface area contributed by atoms with Crippen molar-refractivity contribution in [2.75, 3.05) is 6.61 Å². The molecule has 4 nitrogen and oxygen atoms in total. The highest BCUT2D eigenvalue weighted by molar-refractivity contribution is 7.97. The molecule has 0 aliphatic heterocycles. The van der Waals surface area contributed by atoms with Gasteiger partial charge in [0.2, 0.25) is 0 Å². The zero-order valence-corrected chi connectivity index (χ0v) is 25.5. The van der Waals surface area contributed by atoms with Crippen molar-refractivity contribution >= 4 is 16.9 Å². The highest BCUT2D eigenvalue weighted by Crippen LogP contribution is 2.60. The predicted molar refractivity (Wildman–Crippen MR) is 170 cm³/mol. The van der Waals surface area contributed by atoms with E-state index in [0.717, 1.165) is 24.0 Å². The Bertz CT molecular complexity index is 1450. The maximum atomic E-state index is 13.0. The van der Waals surface area contributed by atoms with Crippen LogP contribution in [-0.4, -0.2) is 18.2 Å². The Labute approximate surface area is 257 Å². The molecule has 5 heteroatoms. The van der Waals surface area contributed by atoms with Gasteiger partial charge in [0, 0.05) is 0 Å². The lowest BCUT2D eigenvalue weighted by Gasteiger charge is -2.60. The molecule has 4 aromatic rings. The second-order valence-electron chi connectivity index (χ2n) is 12.4. The average Bonchev–Trinajstić information content (AvgIpc) is 3.04. The normalized spacial score (nSPS) is 25.4. The average molecular weight is 592 g/mol. The number of esters is 1. The molecule has 0 heterocycles. The van der Waals surface area contributed by atoms with Crippen LogP contribution in [0.5, 0.6) is 17.2 Å². The van der Waals surface area contributed by atoms with Gasteiger partial charge in [0.15, 0.2) is 21.3 Å². The summed E-state index contributed by atoms with van der Waals surface area (Å²) < 4.78 is 18.3. The van der Waals surface area contributed by atoms with Crippen molar-refractivity contribution in [3.05, 3.63) is 109 Å². The fraction of sp³-hybridized carbons (Fsp3) is 0.342. The molecule has 0 spiro atoms. The minimum atomic E-state index is -0.288. The van der Waals surface area contributed by atoms with Crippen LogP contribution in [0.1, 0.15) is 45.4 Å². The molecule has 220 valence electrons. The number of ether oxygens (including phenoxy) is 3. The maximum Gasteiger partial charge on any atom is 0.344 e. The summed E-state index contributed by atoms with van der Waals surface area (Å²) in [6.07, 6.45) is 7.18. The zero-order chi connectivity index (χ0) is 29.2. The second kappa shape index (κ2) is 12.1. The Hall–Kier alpha value is -3.70. The SMILES string of the molecule is CCC1(OC(=O)COc2ccc(Oc3ccc([S+](c4ccccc4)c4ccccc4)cc3)cc2)C2CC3CC(C2)CC1C3. The highest BCUT2D eigenvalue weighted by atomic mass is 32.2. The Balaban J connectivity index is 0.962. The van der Waals surface area contributed by atoms with E-state index < -0.39 is 0 Å². The molecule has 0 aromatic heterocycles. The largest absolute Gasteiger partial charge is 0.482 e. The number of rotatable bonds is 10. The Morgan fingerprint density at radius 3 is 1.63 bits per heavy atom. The van der Waals surface area contributed by atoms with E-state index >= 15 is 0 Å². The summed E-state index contributed by atoms with van der Waals surface area (Å²) >= 11 is 0. The number of hydrogen-bond donors (Lipinski definition) is 0. The molecular formula is C38H39O4S+. The van der Waals surface area contributed by atoms with E-state index in [1.165, 1.54) is 46.8 Å². The van der Waals surface area contributed by atoms with E-state index in [1.54, 1.807) is 0 Å². The Morgan fingerprint density at radius 2 is 1.12 bits per heavy atom. The smallest absolute Gasteiger partial charge is 0.344 e. The lowest BCUT2D eigenvalue weighted by atomic mass is 9.49. The van der Waals surface area contributed by atoms with E-state index in [0.29, 0.717) is 23.3 Å². The molecule has 0 unspecified atom stereocenters. The van der Waals surface area contributed by atoms with Gasteiger partial charge in [-0.2, -0.15) is 0 Å². The summed E-state index contributed by atoms with van der Waals surface area (Å²) in [4.78, 5) is 16.8. The van der Waals surface area contributed by atoms with Crippen LogP contribution in [0.3, 0.4) is 0 Å². The van der Waals surface area contributed by atoms with Crippen molar-refractivity contribution in [1.29, 1.82) is 0 Å². The van der Waals surface area contributed by atoms with Crippen molar-refractivity contribution < 1.29 is 19.0 Å². The minimum Gasteiger partial charge on any atom is -0.482 e. The summed E-state index contributed by atoms with van der Waals surface area (Å²) in [5.74, 6) is 4.59. The lowest BCUT2D eigenvalue weighted by Crippen LogP contribution is -2.59. The fourth-order valence-corrected chi connectivity index (χ4v) is 10.2. The first-order chi connectivity index (χ1) is 21.1. The van der Waals surface area contributed by atoms with Gasteiger partial charge in [0.05, 0.1) is 10.9 Å². The predicted octanol–water partition coefficient (Wildman–Crippen LogP) is 9.10. The van der Waals surface area contributed by atoms with Crippen molar-refractivity contribution in [2.24, 2.45) is 23.7 Å². The molecule has 4 aliphatic carbocycles. The first-order valence-corrected chi connectivity index (χ1v) is 16.9. The van der Waals surface area contributed by atoms with Gasteiger partial charge in [-0.15, -0.1) is 0 Å². The molecule has 8 rings (SSSR count). The van der Waals surface area contributed by atoms with Gasteiger partial charge in [-0.05, 0) is 135 Å². The second-order valence-corrected chi connectivity index (χ2v) is 14.4. The number of carbonyl (C=O) groups excluding carboxylic acids is 1.